The number of nitrogens with one attached hydrogen (secondary N) is 1. The molecule has 2 aromatic carbocycles. The zero-order valence-electron chi connectivity index (χ0n) is 13.8. The second-order valence-corrected chi connectivity index (χ2v) is 6.01. The van der Waals surface area contributed by atoms with Crippen molar-refractivity contribution in [2.75, 3.05) is 5.32 Å². The molecule has 0 atom stereocenters. The number of rotatable bonds is 4. The predicted octanol–water partition coefficient (Wildman–Crippen LogP) is 3.21. The van der Waals surface area contributed by atoms with Crippen LogP contribution in [0.5, 0.6) is 0 Å². The summed E-state index contributed by atoms with van der Waals surface area (Å²) in [6.45, 7) is -0.319. The minimum Gasteiger partial charge on any atom is -0.323 e. The molecule has 6 nitrogen and oxygen atoms in total. The summed E-state index contributed by atoms with van der Waals surface area (Å²) in [5.74, 6) is -1.03. The summed E-state index contributed by atoms with van der Waals surface area (Å²) in [7, 11) is 0. The van der Waals surface area contributed by atoms with Crippen molar-refractivity contribution >= 4 is 23.2 Å². The molecule has 134 valence electrons. The normalized spacial score (nSPS) is 10.3. The predicted molar refractivity (Wildman–Crippen MR) is 98.7 cm³/mol. The molecule has 1 heterocycles. The van der Waals surface area contributed by atoms with Crippen LogP contribution in [-0.2, 0) is 11.3 Å². The number of halogens is 2. The molecule has 0 aliphatic carbocycles. The van der Waals surface area contributed by atoms with Crippen LogP contribution in [0.2, 0.25) is 5.02 Å². The molecule has 0 fully saturated rings. The lowest BCUT2D eigenvalue weighted by Gasteiger charge is -2.09. The molecular formula is C19H12ClFN4O2. The molecule has 27 heavy (non-hydrogen) atoms. The average Bonchev–Trinajstić information content (AvgIpc) is 2.64. The number of hydrogen-bond acceptors (Lipinski definition) is 4. The fourth-order valence-corrected chi connectivity index (χ4v) is 2.59. The van der Waals surface area contributed by atoms with Crippen molar-refractivity contribution in [1.29, 1.82) is 5.26 Å². The van der Waals surface area contributed by atoms with E-state index < -0.39 is 17.3 Å². The Hall–Kier alpha value is -3.50. The third kappa shape index (κ3) is 4.19. The molecule has 8 heteroatoms. The van der Waals surface area contributed by atoms with Gasteiger partial charge in [0.05, 0.1) is 23.3 Å². The molecule has 1 amide bonds. The minimum atomic E-state index is -0.531. The van der Waals surface area contributed by atoms with E-state index in [0.717, 1.165) is 10.6 Å². The van der Waals surface area contributed by atoms with Gasteiger partial charge in [-0.15, -0.1) is 0 Å². The lowest BCUT2D eigenvalue weighted by atomic mass is 10.1. The summed E-state index contributed by atoms with van der Waals surface area (Å²) in [4.78, 5) is 28.5. The summed E-state index contributed by atoms with van der Waals surface area (Å²) in [6.07, 6.45) is 1.17. The van der Waals surface area contributed by atoms with E-state index in [2.05, 4.69) is 10.3 Å². The summed E-state index contributed by atoms with van der Waals surface area (Å²) in [5.41, 5.74) is 0.359. The maximum atomic E-state index is 13.8. The zero-order valence-corrected chi connectivity index (χ0v) is 14.6. The number of anilines is 1. The molecule has 3 aromatic rings. The van der Waals surface area contributed by atoms with Crippen molar-refractivity contribution in [3.05, 3.63) is 81.6 Å². The minimum absolute atomic E-state index is 0.177. The Balaban J connectivity index is 1.80. The molecule has 0 aliphatic heterocycles. The van der Waals surface area contributed by atoms with E-state index in [9.17, 15) is 14.0 Å². The highest BCUT2D eigenvalue weighted by Crippen LogP contribution is 2.21. The van der Waals surface area contributed by atoms with Crippen molar-refractivity contribution in [2.45, 2.75) is 6.54 Å². The quantitative estimate of drug-likeness (QED) is 0.750. The highest BCUT2D eigenvalue weighted by Gasteiger charge is 2.11. The first-order valence-electron chi connectivity index (χ1n) is 7.79. The Labute approximate surface area is 158 Å². The SMILES string of the molecule is N#Cc1ccc(Cl)cc1NC(=O)Cn1cnc(-c2ccccc2F)cc1=O. The second-order valence-electron chi connectivity index (χ2n) is 5.57. The largest absolute Gasteiger partial charge is 0.323 e. The Morgan fingerprint density at radius 1 is 1.26 bits per heavy atom. The van der Waals surface area contributed by atoms with Crippen LogP contribution in [0.3, 0.4) is 0 Å². The molecule has 0 bridgehead atoms. The Morgan fingerprint density at radius 3 is 2.74 bits per heavy atom. The van der Waals surface area contributed by atoms with Gasteiger partial charge in [-0.1, -0.05) is 23.7 Å². The van der Waals surface area contributed by atoms with Gasteiger partial charge in [-0.2, -0.15) is 5.26 Å². The van der Waals surface area contributed by atoms with Crippen molar-refractivity contribution < 1.29 is 9.18 Å². The molecular weight excluding hydrogens is 371 g/mol. The lowest BCUT2D eigenvalue weighted by molar-refractivity contribution is -0.116. The fraction of sp³-hybridized carbons (Fsp3) is 0.0526. The van der Waals surface area contributed by atoms with Crippen molar-refractivity contribution in [1.82, 2.24) is 9.55 Å². The Bertz CT molecular complexity index is 1120. The van der Waals surface area contributed by atoms with Gasteiger partial charge in [0.15, 0.2) is 0 Å². The summed E-state index contributed by atoms with van der Waals surface area (Å²) < 4.78 is 14.9. The molecule has 0 aliphatic rings. The van der Waals surface area contributed by atoms with E-state index in [1.165, 1.54) is 42.7 Å². The molecule has 0 radical (unpaired) electrons. The molecule has 1 aromatic heterocycles. The summed E-state index contributed by atoms with van der Waals surface area (Å²) >= 11 is 5.87. The van der Waals surface area contributed by atoms with Crippen LogP contribution in [0.25, 0.3) is 11.3 Å². The summed E-state index contributed by atoms with van der Waals surface area (Å²) in [5, 5.41) is 12.0. The van der Waals surface area contributed by atoms with E-state index in [0.29, 0.717) is 5.02 Å². The van der Waals surface area contributed by atoms with Crippen molar-refractivity contribution in [3.8, 4) is 17.3 Å². The maximum Gasteiger partial charge on any atom is 0.254 e. The van der Waals surface area contributed by atoms with Gasteiger partial charge in [0.2, 0.25) is 5.91 Å². The first kappa shape index (κ1) is 18.3. The van der Waals surface area contributed by atoms with Gasteiger partial charge in [-0.25, -0.2) is 9.37 Å². The van der Waals surface area contributed by atoms with Crippen LogP contribution < -0.4 is 10.9 Å². The molecule has 0 saturated heterocycles. The first-order valence-corrected chi connectivity index (χ1v) is 8.16. The fourth-order valence-electron chi connectivity index (χ4n) is 2.42. The van der Waals surface area contributed by atoms with Crippen LogP contribution in [0.1, 0.15) is 5.56 Å². The Kier molecular flexibility index (Phi) is 5.29. The number of carbonyl (C=O) groups is 1. The zero-order chi connectivity index (χ0) is 19.4. The smallest absolute Gasteiger partial charge is 0.254 e. The molecule has 1 N–H and O–H groups in total. The third-order valence-corrected chi connectivity index (χ3v) is 3.95. The number of aromatic nitrogens is 2. The van der Waals surface area contributed by atoms with Gasteiger partial charge in [-0.05, 0) is 30.3 Å². The van der Waals surface area contributed by atoms with E-state index in [4.69, 9.17) is 16.9 Å². The lowest BCUT2D eigenvalue weighted by Crippen LogP contribution is -2.27. The van der Waals surface area contributed by atoms with Gasteiger partial charge < -0.3 is 5.32 Å². The Morgan fingerprint density at radius 2 is 2.04 bits per heavy atom. The molecule has 0 unspecified atom stereocenters. The molecule has 3 rings (SSSR count). The number of hydrogen-bond donors (Lipinski definition) is 1. The molecule has 0 saturated carbocycles. The van der Waals surface area contributed by atoms with E-state index in [1.807, 2.05) is 6.07 Å². The van der Waals surface area contributed by atoms with E-state index >= 15 is 0 Å². The first-order chi connectivity index (χ1) is 13.0. The van der Waals surface area contributed by atoms with Crippen LogP contribution in [-0.4, -0.2) is 15.5 Å². The number of amides is 1. The second kappa shape index (κ2) is 7.81. The number of carbonyl (C=O) groups excluding carboxylic acids is 1. The van der Waals surface area contributed by atoms with Gasteiger partial charge >= 0.3 is 0 Å². The maximum absolute atomic E-state index is 13.8. The van der Waals surface area contributed by atoms with Crippen LogP contribution in [0.4, 0.5) is 10.1 Å². The van der Waals surface area contributed by atoms with Gasteiger partial charge in [0, 0.05) is 16.7 Å². The monoisotopic (exact) mass is 382 g/mol. The number of benzene rings is 2. The van der Waals surface area contributed by atoms with Crippen LogP contribution >= 0.6 is 11.6 Å². The topological polar surface area (TPSA) is 87.8 Å². The third-order valence-electron chi connectivity index (χ3n) is 3.72. The standard InChI is InChI=1S/C19H12ClFN4O2/c20-13-6-5-12(9-22)16(7-13)24-18(26)10-25-11-23-17(8-19(25)27)14-3-1-2-4-15(14)21/h1-8,11H,10H2,(H,24,26). The van der Waals surface area contributed by atoms with Crippen molar-refractivity contribution in [3.63, 3.8) is 0 Å². The van der Waals surface area contributed by atoms with Gasteiger partial charge in [0.25, 0.3) is 5.56 Å². The highest BCUT2D eigenvalue weighted by atomic mass is 35.5. The summed E-state index contributed by atoms with van der Waals surface area (Å²) in [6, 6.07) is 13.5. The van der Waals surface area contributed by atoms with Crippen LogP contribution in [0.15, 0.2) is 59.7 Å². The van der Waals surface area contributed by atoms with E-state index in [-0.39, 0.29) is 29.1 Å². The number of nitriles is 1. The molecule has 0 spiro atoms. The highest BCUT2D eigenvalue weighted by molar-refractivity contribution is 6.31. The van der Waals surface area contributed by atoms with Gasteiger partial charge in [0.1, 0.15) is 18.4 Å². The van der Waals surface area contributed by atoms with E-state index in [1.54, 1.807) is 6.07 Å². The van der Waals surface area contributed by atoms with Crippen molar-refractivity contribution in [2.24, 2.45) is 0 Å². The number of nitrogens with zero attached hydrogens (tertiary/aromatic N) is 3. The van der Waals surface area contributed by atoms with Gasteiger partial charge in [-0.3, -0.25) is 14.2 Å². The van der Waals surface area contributed by atoms with Crippen LogP contribution in [0, 0.1) is 17.1 Å². The average molecular weight is 383 g/mol.